The maximum absolute atomic E-state index is 13.3. The molecule has 0 saturated carbocycles. The van der Waals surface area contributed by atoms with Crippen LogP contribution in [-0.4, -0.2) is 253 Å². The standard InChI is InChI=1S/C30H34FN5O2S.2C24H30N6O2S.C21H26N8O2S.CH4/c1-20-2-6-22(7-3-20)23-12-15-35(16-13-23)30-33-26-14-17-39(38)28(26)29(34-30)32-25-10-11-27(37)36(19-25)18-21-4-8-24(31)9-5-21;1-15-2-3-18-20(14-15)27-22(26-18)16-4-9-30(10-5-16)24-28-19-8-13-33(31)21(19)23(29-24)25-17-6-11-32-12-7-17;1-29-20-5-3-2-4-18(20)26-23(29)16-6-11-30(12-7-16)24-27-19-10-15-33(31)21(19)22(28-24)25-17-8-13-32-14-9-17;30-32-10-5-15-17(32)20(24-14-3-8-31-9-4-14)28-21(26-15)29-6-1-13(2-7-29)18-25-16-11-22-12-23-19(16)27-18;/h2-9,23,25H,10-19H2,1H3,(H,32,33,34);2-3,14,16-17H,4-13H2,1H3,(H,26,27)(H,25,28,29);2-5,16-17H,6-15H2,1H3,(H,25,27,28);11-14H,1-10H2,(H,24,26,28)(H,22,23,25,27);1H4/t25-,39?;;;;/m0..../s1. The number of halogens is 1. The van der Waals surface area contributed by atoms with Gasteiger partial charge in [0.15, 0.2) is 5.65 Å². The number of likely N-dealkylation sites (tertiary alicyclic amines) is 1. The quantitative estimate of drug-likeness (QED) is 0.0465. The molecule has 1 amide bonds. The first-order chi connectivity index (χ1) is 67.0. The molecule has 12 aromatic rings. The Bertz CT molecular complexity index is 6430. The van der Waals surface area contributed by atoms with E-state index in [2.05, 4.69) is 152 Å². The highest BCUT2D eigenvalue weighted by Crippen LogP contribution is 2.42. The average Bonchev–Trinajstić information content (AvgIpc) is 1.57. The number of piperidine rings is 5. The Morgan fingerprint density at radius 3 is 1.30 bits per heavy atom. The predicted molar refractivity (Wildman–Crippen MR) is 537 cm³/mol. The van der Waals surface area contributed by atoms with Crippen molar-refractivity contribution in [2.45, 2.75) is 224 Å². The third-order valence-corrected chi connectivity index (χ3v) is 34.8. The van der Waals surface area contributed by atoms with Crippen molar-refractivity contribution in [2.24, 2.45) is 7.05 Å². The van der Waals surface area contributed by atoms with E-state index in [0.29, 0.717) is 109 Å². The first kappa shape index (κ1) is 94.6. The number of aromatic nitrogens is 16. The number of imidazole rings is 3. The molecular formula is C100H124FN25O8S4. The number of anilines is 8. The number of nitrogens with zero attached hydrogens (tertiary/aromatic N) is 19. The van der Waals surface area contributed by atoms with E-state index in [1.807, 2.05) is 11.0 Å². The Labute approximate surface area is 813 Å². The number of amides is 1. The lowest BCUT2D eigenvalue weighted by Gasteiger charge is -2.34. The lowest BCUT2D eigenvalue weighted by atomic mass is 9.89. The smallest absolute Gasteiger partial charge is 0.227 e. The second-order valence-electron chi connectivity index (χ2n) is 38.2. The number of benzene rings is 4. The van der Waals surface area contributed by atoms with E-state index in [1.165, 1.54) is 46.5 Å². The Hall–Kier alpha value is -11.0. The summed E-state index contributed by atoms with van der Waals surface area (Å²) >= 11 is 0. The molecule has 0 radical (unpaired) electrons. The van der Waals surface area contributed by atoms with Crippen molar-refractivity contribution in [1.82, 2.24) is 84.2 Å². The Balaban J connectivity index is 0.000000113. The Morgan fingerprint density at radius 2 is 0.848 bits per heavy atom. The molecule has 20 heterocycles. The van der Waals surface area contributed by atoms with Crippen molar-refractivity contribution in [3.63, 3.8) is 0 Å². The maximum Gasteiger partial charge on any atom is 0.227 e. The first-order valence-electron chi connectivity index (χ1n) is 49.1. The summed E-state index contributed by atoms with van der Waals surface area (Å²) in [6.07, 6.45) is 21.1. The molecule has 4 aromatic carbocycles. The second-order valence-corrected chi connectivity index (χ2v) is 44.2. The number of ether oxygens (including phenoxy) is 3. The molecule has 12 aliphatic rings. The molecule has 728 valence electrons. The van der Waals surface area contributed by atoms with Gasteiger partial charge in [-0.1, -0.05) is 67.6 Å². The Morgan fingerprint density at radius 1 is 0.428 bits per heavy atom. The van der Waals surface area contributed by atoms with Crippen LogP contribution in [0.1, 0.15) is 196 Å². The van der Waals surface area contributed by atoms with Crippen molar-refractivity contribution < 1.29 is 40.2 Å². The highest BCUT2D eigenvalue weighted by Gasteiger charge is 2.39. The average molecular weight is 1950 g/mol. The molecule has 5 atom stereocenters. The van der Waals surface area contributed by atoms with Crippen LogP contribution < -0.4 is 40.9 Å². The minimum atomic E-state index is -1.13. The van der Waals surface area contributed by atoms with Gasteiger partial charge < -0.3 is 74.5 Å². The van der Waals surface area contributed by atoms with Gasteiger partial charge in [-0.15, -0.1) is 0 Å². The molecule has 0 spiro atoms. The van der Waals surface area contributed by atoms with Gasteiger partial charge >= 0.3 is 0 Å². The molecule has 8 saturated heterocycles. The van der Waals surface area contributed by atoms with Crippen LogP contribution in [-0.2, 0) is 101 Å². The minimum absolute atomic E-state index is 0. The summed E-state index contributed by atoms with van der Waals surface area (Å²) < 4.78 is 82.9. The van der Waals surface area contributed by atoms with Crippen LogP contribution in [0.15, 0.2) is 123 Å². The molecule has 138 heavy (non-hydrogen) atoms. The van der Waals surface area contributed by atoms with Crippen LogP contribution in [0.3, 0.4) is 0 Å². The van der Waals surface area contributed by atoms with Gasteiger partial charge in [0.1, 0.15) is 78.0 Å². The number of para-hydroxylation sites is 2. The molecule has 38 heteroatoms. The third kappa shape index (κ3) is 21.2. The zero-order valence-electron chi connectivity index (χ0n) is 78.0. The van der Waals surface area contributed by atoms with Crippen molar-refractivity contribution >= 4 is 129 Å². The van der Waals surface area contributed by atoms with Crippen LogP contribution in [0, 0.1) is 19.7 Å². The number of hydrogen-bond acceptors (Lipinski definition) is 29. The second kappa shape index (κ2) is 42.6. The van der Waals surface area contributed by atoms with Gasteiger partial charge in [0.2, 0.25) is 29.7 Å². The molecule has 12 aliphatic heterocycles. The predicted octanol–water partition coefficient (Wildman–Crippen LogP) is 13.3. The number of hydrogen-bond donors (Lipinski definition) is 6. The fourth-order valence-electron chi connectivity index (χ4n) is 21.1. The van der Waals surface area contributed by atoms with E-state index >= 15 is 0 Å². The summed E-state index contributed by atoms with van der Waals surface area (Å²) in [5.74, 6) is 13.2. The van der Waals surface area contributed by atoms with Gasteiger partial charge in [-0.05, 0) is 169 Å². The van der Waals surface area contributed by atoms with Crippen molar-refractivity contribution in [2.75, 3.05) is 162 Å². The molecule has 0 aliphatic carbocycles. The van der Waals surface area contributed by atoms with Crippen molar-refractivity contribution in [3.05, 3.63) is 172 Å². The molecule has 6 N–H and O–H groups in total. The van der Waals surface area contributed by atoms with Crippen LogP contribution in [0.4, 0.5) is 51.5 Å². The number of carbonyl (C=O) groups excluding carboxylic acids is 1. The molecule has 24 rings (SSSR count). The number of rotatable bonds is 18. The van der Waals surface area contributed by atoms with E-state index < -0.39 is 43.2 Å². The zero-order valence-corrected chi connectivity index (χ0v) is 81.3. The van der Waals surface area contributed by atoms with Crippen molar-refractivity contribution in [1.29, 1.82) is 0 Å². The molecule has 8 aromatic heterocycles. The van der Waals surface area contributed by atoms with Gasteiger partial charge in [-0.2, -0.15) is 19.9 Å². The van der Waals surface area contributed by atoms with E-state index in [0.717, 1.165) is 324 Å². The van der Waals surface area contributed by atoms with Crippen LogP contribution in [0.25, 0.3) is 33.2 Å². The molecule has 0 bridgehead atoms. The van der Waals surface area contributed by atoms with Crippen molar-refractivity contribution in [3.8, 4) is 0 Å². The summed E-state index contributed by atoms with van der Waals surface area (Å²) in [6, 6.07) is 30.7. The molecule has 4 unspecified atom stereocenters. The SMILES string of the molecule is C.Cc1ccc(C2CCN(c3nc4c(c(N[C@H]5CCC(=O)N(Cc6ccc(F)cc6)C5)n3)S(=O)CC4)CC2)cc1.Cc1ccc2nc(C3CCN(c4nc5c(c(NC6CCOCC6)n4)S(=O)CC5)CC3)[nH]c2c1.Cn1c(C2CCN(c3nc4c(c(NC5CCOCC5)n3)S(=O)CC4)CC2)nc2ccccc21.O=S1CCc2nc(N3CCC(c4nc5ncncc5[nH]4)CC3)nc(NC3CCOCC3)c21. The normalized spacial score (nSPS) is 21.9. The Kier molecular flexibility index (Phi) is 29.2. The van der Waals surface area contributed by atoms with E-state index in [-0.39, 0.29) is 25.2 Å². The monoisotopic (exact) mass is 1950 g/mol. The zero-order chi connectivity index (χ0) is 93.2. The van der Waals surface area contributed by atoms with Crippen LogP contribution in [0.5, 0.6) is 0 Å². The summed E-state index contributed by atoms with van der Waals surface area (Å²) in [7, 11) is -2.07. The number of aromatic amines is 2. The van der Waals surface area contributed by atoms with Crippen LogP contribution >= 0.6 is 0 Å². The van der Waals surface area contributed by atoms with E-state index in [1.54, 1.807) is 18.3 Å². The first-order valence-corrected chi connectivity index (χ1v) is 54.3. The van der Waals surface area contributed by atoms with Gasteiger partial charge in [0, 0.05) is 209 Å². The largest absolute Gasteiger partial charge is 0.381 e. The topological polar surface area (TPSA) is 381 Å². The molecule has 33 nitrogen and oxygen atoms in total. The third-order valence-electron chi connectivity index (χ3n) is 29.0. The van der Waals surface area contributed by atoms with Gasteiger partial charge in [0.05, 0.1) is 94.2 Å². The highest BCUT2D eigenvalue weighted by molar-refractivity contribution is 7.86. The summed E-state index contributed by atoms with van der Waals surface area (Å²) in [5.41, 5.74) is 14.5. The van der Waals surface area contributed by atoms with Crippen LogP contribution in [0.2, 0.25) is 0 Å². The van der Waals surface area contributed by atoms with E-state index in [9.17, 15) is 26.0 Å². The number of fused-ring (bicyclic) bond motifs is 7. The lowest BCUT2D eigenvalue weighted by Crippen LogP contribution is -2.45. The fraction of sp³-hybridized carbons (Fsp3) is 0.520. The molecule has 8 fully saturated rings. The van der Waals surface area contributed by atoms with Gasteiger partial charge in [-0.25, -0.2) is 49.2 Å². The number of nitrogens with one attached hydrogen (secondary N) is 6. The lowest BCUT2D eigenvalue weighted by molar-refractivity contribution is -0.134. The molecular weight excluding hydrogens is 1830 g/mol. The summed E-state index contributed by atoms with van der Waals surface area (Å²) in [5, 5.41) is 14.3. The van der Waals surface area contributed by atoms with Gasteiger partial charge in [0.25, 0.3) is 0 Å². The number of H-pyrrole nitrogens is 2. The number of aryl methyl sites for hydroxylation is 7. The summed E-state index contributed by atoms with van der Waals surface area (Å²) in [6.45, 7) is 16.7. The summed E-state index contributed by atoms with van der Waals surface area (Å²) in [4.78, 5) is 95.4. The fourth-order valence-corrected chi connectivity index (χ4v) is 26.4. The maximum atomic E-state index is 13.3. The number of carbonyl (C=O) groups is 1. The van der Waals surface area contributed by atoms with Gasteiger partial charge in [-0.3, -0.25) is 21.6 Å². The van der Waals surface area contributed by atoms with E-state index in [4.69, 9.17) is 64.1 Å². The highest BCUT2D eigenvalue weighted by atomic mass is 32.2. The minimum Gasteiger partial charge on any atom is -0.381 e.